The molecule has 0 unspecified atom stereocenters. The zero-order chi connectivity index (χ0) is 14.1. The van der Waals surface area contributed by atoms with Crippen molar-refractivity contribution in [2.24, 2.45) is 0 Å². The molecule has 0 saturated carbocycles. The Kier molecular flexibility index (Phi) is 7.68. The van der Waals surface area contributed by atoms with E-state index in [2.05, 4.69) is 0 Å². The summed E-state index contributed by atoms with van der Waals surface area (Å²) in [5.41, 5.74) is 1.55. The third-order valence-electron chi connectivity index (χ3n) is 2.48. The van der Waals surface area contributed by atoms with Crippen molar-refractivity contribution in [1.29, 1.82) is 0 Å². The van der Waals surface area contributed by atoms with Crippen LogP contribution in [0.4, 0.5) is 4.39 Å². The van der Waals surface area contributed by atoms with Gasteiger partial charge in [0.25, 0.3) is 0 Å². The van der Waals surface area contributed by atoms with E-state index in [1.54, 1.807) is 19.1 Å². The van der Waals surface area contributed by atoms with Gasteiger partial charge in [-0.25, -0.2) is 9.18 Å². The normalized spacial score (nSPS) is 14.9. The second-order valence-electron chi connectivity index (χ2n) is 3.95. The van der Waals surface area contributed by atoms with Crippen molar-refractivity contribution >= 4 is 5.97 Å². The lowest BCUT2D eigenvalue weighted by Gasteiger charge is -2.05. The van der Waals surface area contributed by atoms with Gasteiger partial charge in [-0.15, -0.1) is 0 Å². The minimum atomic E-state index is -1.04. The highest BCUT2D eigenvalue weighted by Gasteiger charge is 2.11. The Balaban J connectivity index is 5.67. The van der Waals surface area contributed by atoms with Gasteiger partial charge in [0, 0.05) is 0 Å². The van der Waals surface area contributed by atoms with Crippen LogP contribution in [0.1, 0.15) is 40.5 Å². The van der Waals surface area contributed by atoms with Gasteiger partial charge in [-0.3, -0.25) is 0 Å². The maximum Gasteiger partial charge on any atom is 0.335 e. The predicted molar refractivity (Wildman–Crippen MR) is 73.0 cm³/mol. The summed E-state index contributed by atoms with van der Waals surface area (Å²) in [6.07, 6.45) is 7.27. The highest BCUT2D eigenvalue weighted by molar-refractivity contribution is 5.93. The van der Waals surface area contributed by atoms with E-state index in [0.29, 0.717) is 12.0 Å². The molecule has 0 aliphatic carbocycles. The number of aliphatic carboxylic acids is 1. The van der Waals surface area contributed by atoms with Gasteiger partial charge in [0.05, 0.1) is 5.57 Å². The molecular weight excluding hydrogens is 231 g/mol. The number of hydrogen-bond donors (Lipinski definition) is 1. The molecule has 0 aromatic rings. The third-order valence-corrected chi connectivity index (χ3v) is 2.48. The molecule has 1 N–H and O–H groups in total. The molecule has 0 saturated heterocycles. The third kappa shape index (κ3) is 5.62. The van der Waals surface area contributed by atoms with Crippen LogP contribution in [-0.4, -0.2) is 11.1 Å². The summed E-state index contributed by atoms with van der Waals surface area (Å²) in [7, 11) is 0. The molecule has 0 aromatic heterocycles. The molecular formula is C15H21FO2. The molecule has 2 nitrogen and oxygen atoms in total. The van der Waals surface area contributed by atoms with Gasteiger partial charge in [-0.1, -0.05) is 37.6 Å². The van der Waals surface area contributed by atoms with E-state index in [-0.39, 0.29) is 5.57 Å². The van der Waals surface area contributed by atoms with E-state index < -0.39 is 11.8 Å². The van der Waals surface area contributed by atoms with Crippen LogP contribution in [-0.2, 0) is 4.79 Å². The van der Waals surface area contributed by atoms with Crippen LogP contribution in [0.5, 0.6) is 0 Å². The van der Waals surface area contributed by atoms with Gasteiger partial charge >= 0.3 is 5.97 Å². The van der Waals surface area contributed by atoms with Crippen molar-refractivity contribution in [2.45, 2.75) is 40.5 Å². The van der Waals surface area contributed by atoms with Gasteiger partial charge in [0.15, 0.2) is 0 Å². The molecule has 0 spiro atoms. The van der Waals surface area contributed by atoms with Crippen molar-refractivity contribution in [1.82, 2.24) is 0 Å². The monoisotopic (exact) mass is 252 g/mol. The molecule has 0 radical (unpaired) electrons. The number of carbonyl (C=O) groups is 1. The molecule has 0 fully saturated rings. The smallest absolute Gasteiger partial charge is 0.335 e. The summed E-state index contributed by atoms with van der Waals surface area (Å²) in [6, 6.07) is 0. The lowest BCUT2D eigenvalue weighted by Crippen LogP contribution is -2.03. The summed E-state index contributed by atoms with van der Waals surface area (Å²) in [5.74, 6) is -1.47. The Morgan fingerprint density at radius 2 is 1.89 bits per heavy atom. The first-order valence-electron chi connectivity index (χ1n) is 6.10. The van der Waals surface area contributed by atoms with Crippen LogP contribution >= 0.6 is 0 Å². The van der Waals surface area contributed by atoms with E-state index in [1.807, 2.05) is 20.8 Å². The molecule has 0 amide bonds. The van der Waals surface area contributed by atoms with Crippen LogP contribution < -0.4 is 0 Å². The Hall–Kier alpha value is -1.64. The van der Waals surface area contributed by atoms with Crippen LogP contribution in [0, 0.1) is 0 Å². The van der Waals surface area contributed by atoms with E-state index in [4.69, 9.17) is 5.11 Å². The summed E-state index contributed by atoms with van der Waals surface area (Å²) in [5, 5.41) is 9.17. The van der Waals surface area contributed by atoms with E-state index in [1.165, 1.54) is 12.2 Å². The standard InChI is InChI=1S/C15H21FO2/c1-5-8-14(15(17)18)12(9-11(4)6-2)10-13(16)7-3/h7-10H,5-6H2,1-4H3,(H,17,18)/b11-9+,12-10+,13-7+,14-8+. The van der Waals surface area contributed by atoms with Crippen LogP contribution in [0.2, 0.25) is 0 Å². The van der Waals surface area contributed by atoms with Gasteiger partial charge in [-0.05, 0) is 38.3 Å². The van der Waals surface area contributed by atoms with Gasteiger partial charge < -0.3 is 5.11 Å². The Labute approximate surface area is 108 Å². The maximum absolute atomic E-state index is 13.3. The van der Waals surface area contributed by atoms with Crippen molar-refractivity contribution in [3.05, 3.63) is 46.9 Å². The molecule has 18 heavy (non-hydrogen) atoms. The first-order chi connectivity index (χ1) is 8.46. The van der Waals surface area contributed by atoms with Gasteiger partial charge in [0.1, 0.15) is 5.83 Å². The summed E-state index contributed by atoms with van der Waals surface area (Å²) < 4.78 is 13.3. The lowest BCUT2D eigenvalue weighted by atomic mass is 10.0. The Morgan fingerprint density at radius 1 is 1.28 bits per heavy atom. The first kappa shape index (κ1) is 16.4. The fourth-order valence-corrected chi connectivity index (χ4v) is 1.33. The molecule has 100 valence electrons. The second kappa shape index (κ2) is 8.45. The fourth-order valence-electron chi connectivity index (χ4n) is 1.33. The second-order valence-corrected chi connectivity index (χ2v) is 3.95. The number of allylic oxidation sites excluding steroid dienone is 6. The molecule has 0 rings (SSSR count). The average Bonchev–Trinajstić information content (AvgIpc) is 2.34. The van der Waals surface area contributed by atoms with Crippen molar-refractivity contribution < 1.29 is 14.3 Å². The molecule has 0 heterocycles. The molecule has 0 atom stereocenters. The minimum absolute atomic E-state index is 0.141. The molecule has 0 aromatic carbocycles. The van der Waals surface area contributed by atoms with Crippen molar-refractivity contribution in [3.8, 4) is 0 Å². The Bertz CT molecular complexity index is 412. The summed E-state index contributed by atoms with van der Waals surface area (Å²) in [4.78, 5) is 11.2. The van der Waals surface area contributed by atoms with E-state index in [0.717, 1.165) is 12.0 Å². The van der Waals surface area contributed by atoms with Gasteiger partial charge in [-0.2, -0.15) is 0 Å². The number of carboxylic acid groups (broad SMARTS) is 1. The quantitative estimate of drug-likeness (QED) is 0.555. The highest BCUT2D eigenvalue weighted by Crippen LogP contribution is 2.19. The highest BCUT2D eigenvalue weighted by atomic mass is 19.1. The summed E-state index contributed by atoms with van der Waals surface area (Å²) in [6.45, 7) is 7.29. The zero-order valence-electron chi connectivity index (χ0n) is 11.5. The van der Waals surface area contributed by atoms with Crippen LogP contribution in [0.15, 0.2) is 46.9 Å². The van der Waals surface area contributed by atoms with Gasteiger partial charge in [0.2, 0.25) is 0 Å². The molecule has 3 heteroatoms. The largest absolute Gasteiger partial charge is 0.478 e. The summed E-state index contributed by atoms with van der Waals surface area (Å²) >= 11 is 0. The predicted octanol–water partition coefficient (Wildman–Crippen LogP) is 4.56. The first-order valence-corrected chi connectivity index (χ1v) is 6.10. The number of halogens is 1. The molecule has 0 bridgehead atoms. The molecule has 0 aliphatic rings. The SMILES string of the molecule is C\C=C(F)/C=C(\C=C(/C)CC)C(=C\CC)/C(=O)O. The zero-order valence-corrected chi connectivity index (χ0v) is 11.5. The van der Waals surface area contributed by atoms with Crippen LogP contribution in [0.3, 0.4) is 0 Å². The van der Waals surface area contributed by atoms with Crippen molar-refractivity contribution in [3.63, 3.8) is 0 Å². The number of rotatable bonds is 6. The number of carboxylic acids is 1. The van der Waals surface area contributed by atoms with E-state index in [9.17, 15) is 9.18 Å². The number of hydrogen-bond acceptors (Lipinski definition) is 1. The topological polar surface area (TPSA) is 37.3 Å². The lowest BCUT2D eigenvalue weighted by molar-refractivity contribution is -0.132. The minimum Gasteiger partial charge on any atom is -0.478 e. The molecule has 0 aliphatic heterocycles. The van der Waals surface area contributed by atoms with E-state index >= 15 is 0 Å². The Morgan fingerprint density at radius 3 is 2.28 bits per heavy atom. The average molecular weight is 252 g/mol. The van der Waals surface area contributed by atoms with Crippen LogP contribution in [0.25, 0.3) is 0 Å². The fraction of sp³-hybridized carbons (Fsp3) is 0.400. The van der Waals surface area contributed by atoms with Crippen molar-refractivity contribution in [2.75, 3.05) is 0 Å². The maximum atomic E-state index is 13.3.